The molecule has 1 aromatic heterocycles. The summed E-state index contributed by atoms with van der Waals surface area (Å²) in [4.78, 5) is 15.9. The van der Waals surface area contributed by atoms with Crippen molar-refractivity contribution < 1.29 is 9.90 Å². The molecule has 18 heavy (non-hydrogen) atoms. The van der Waals surface area contributed by atoms with E-state index in [1.54, 1.807) is 12.1 Å². The Labute approximate surface area is 109 Å². The van der Waals surface area contributed by atoms with Gasteiger partial charge in [-0.1, -0.05) is 36.4 Å². The van der Waals surface area contributed by atoms with Crippen molar-refractivity contribution in [2.45, 2.75) is 0 Å². The predicted molar refractivity (Wildman–Crippen MR) is 73.5 cm³/mol. The van der Waals surface area contributed by atoms with Crippen molar-refractivity contribution in [2.24, 2.45) is 0 Å². The standard InChI is InChI=1S/C14H9NO2.ClH/c16-14(17)13-9-5-1-3-7-11(9)15-12-8-4-2-6-10(12)13;/h1-8H,(H,16,17);1H. The van der Waals surface area contributed by atoms with E-state index in [0.29, 0.717) is 27.4 Å². The molecule has 0 saturated heterocycles. The first kappa shape index (κ1) is 12.3. The van der Waals surface area contributed by atoms with Crippen LogP contribution in [0.3, 0.4) is 0 Å². The molecule has 0 saturated carbocycles. The van der Waals surface area contributed by atoms with Crippen LogP contribution in [0, 0.1) is 0 Å². The number of benzene rings is 2. The second-order valence-electron chi connectivity index (χ2n) is 3.83. The zero-order chi connectivity index (χ0) is 11.8. The van der Waals surface area contributed by atoms with Gasteiger partial charge in [0.2, 0.25) is 0 Å². The molecule has 0 aliphatic heterocycles. The maximum atomic E-state index is 11.4. The van der Waals surface area contributed by atoms with Gasteiger partial charge < -0.3 is 5.11 Å². The predicted octanol–water partition coefficient (Wildman–Crippen LogP) is 3.51. The Bertz CT molecular complexity index is 686. The second-order valence-corrected chi connectivity index (χ2v) is 3.83. The molecule has 3 nitrogen and oxygen atoms in total. The van der Waals surface area contributed by atoms with Crippen LogP contribution < -0.4 is 0 Å². The minimum Gasteiger partial charge on any atom is -0.478 e. The number of para-hydroxylation sites is 2. The number of nitrogens with zero attached hydrogens (tertiary/aromatic N) is 1. The highest BCUT2D eigenvalue weighted by atomic mass is 35.5. The van der Waals surface area contributed by atoms with Crippen LogP contribution in [-0.4, -0.2) is 16.1 Å². The molecule has 3 aromatic rings. The van der Waals surface area contributed by atoms with E-state index in [4.69, 9.17) is 0 Å². The number of rotatable bonds is 1. The summed E-state index contributed by atoms with van der Waals surface area (Å²) < 4.78 is 0. The molecule has 0 unspecified atom stereocenters. The lowest BCUT2D eigenvalue weighted by Crippen LogP contribution is -2.00. The summed E-state index contributed by atoms with van der Waals surface area (Å²) in [5.74, 6) is -0.917. The van der Waals surface area contributed by atoms with E-state index in [1.807, 2.05) is 36.4 Å². The van der Waals surface area contributed by atoms with E-state index in [9.17, 15) is 9.90 Å². The van der Waals surface area contributed by atoms with E-state index in [-0.39, 0.29) is 12.4 Å². The fraction of sp³-hybridized carbons (Fsp3) is 0. The maximum Gasteiger partial charge on any atom is 0.337 e. The van der Waals surface area contributed by atoms with Gasteiger partial charge in [0, 0.05) is 10.8 Å². The Morgan fingerprint density at radius 2 is 1.33 bits per heavy atom. The molecule has 0 aliphatic carbocycles. The number of fused-ring (bicyclic) bond motifs is 2. The van der Waals surface area contributed by atoms with E-state index in [1.165, 1.54) is 0 Å². The highest BCUT2D eigenvalue weighted by Gasteiger charge is 2.13. The van der Waals surface area contributed by atoms with Gasteiger partial charge in [0.25, 0.3) is 0 Å². The lowest BCUT2D eigenvalue weighted by atomic mass is 10.0. The maximum absolute atomic E-state index is 11.4. The normalized spacial score (nSPS) is 10.2. The quantitative estimate of drug-likeness (QED) is 0.681. The number of pyridine rings is 1. The molecule has 0 radical (unpaired) electrons. The number of carboxylic acid groups (broad SMARTS) is 1. The molecular formula is C14H10ClNO2. The SMILES string of the molecule is Cl.O=C(O)c1c2ccccc2nc2ccccc12. The van der Waals surface area contributed by atoms with Crippen molar-refractivity contribution >= 4 is 40.2 Å². The van der Waals surface area contributed by atoms with Gasteiger partial charge in [-0.3, -0.25) is 0 Å². The van der Waals surface area contributed by atoms with Gasteiger partial charge in [-0.15, -0.1) is 12.4 Å². The Morgan fingerprint density at radius 1 is 0.889 bits per heavy atom. The summed E-state index contributed by atoms with van der Waals surface area (Å²) in [6.07, 6.45) is 0. The van der Waals surface area contributed by atoms with Crippen LogP contribution in [-0.2, 0) is 0 Å². The number of carbonyl (C=O) groups is 1. The minimum absolute atomic E-state index is 0. The largest absolute Gasteiger partial charge is 0.478 e. The Morgan fingerprint density at radius 3 is 1.78 bits per heavy atom. The van der Waals surface area contributed by atoms with Crippen LogP contribution in [0.4, 0.5) is 0 Å². The highest BCUT2D eigenvalue weighted by molar-refractivity contribution is 6.13. The molecular weight excluding hydrogens is 250 g/mol. The third kappa shape index (κ3) is 1.79. The van der Waals surface area contributed by atoms with Crippen LogP contribution in [0.1, 0.15) is 10.4 Å². The van der Waals surface area contributed by atoms with Crippen molar-refractivity contribution in [1.29, 1.82) is 0 Å². The molecule has 3 rings (SSSR count). The highest BCUT2D eigenvalue weighted by Crippen LogP contribution is 2.25. The van der Waals surface area contributed by atoms with Gasteiger partial charge in [-0.05, 0) is 12.1 Å². The summed E-state index contributed by atoms with van der Waals surface area (Å²) in [6.45, 7) is 0. The number of carboxylic acids is 1. The van der Waals surface area contributed by atoms with Gasteiger partial charge in [0.15, 0.2) is 0 Å². The monoisotopic (exact) mass is 259 g/mol. The fourth-order valence-corrected chi connectivity index (χ4v) is 2.07. The third-order valence-corrected chi connectivity index (χ3v) is 2.80. The zero-order valence-corrected chi connectivity index (χ0v) is 10.1. The first-order chi connectivity index (χ1) is 8.27. The van der Waals surface area contributed by atoms with Crippen LogP contribution in [0.2, 0.25) is 0 Å². The molecule has 2 aromatic carbocycles. The molecule has 0 aliphatic rings. The lowest BCUT2D eigenvalue weighted by molar-refractivity contribution is 0.0701. The van der Waals surface area contributed by atoms with Crippen molar-refractivity contribution in [3.63, 3.8) is 0 Å². The van der Waals surface area contributed by atoms with Gasteiger partial charge >= 0.3 is 5.97 Å². The lowest BCUT2D eigenvalue weighted by Gasteiger charge is -2.06. The molecule has 90 valence electrons. The summed E-state index contributed by atoms with van der Waals surface area (Å²) in [5.41, 5.74) is 1.75. The Balaban J connectivity index is 0.00000120. The summed E-state index contributed by atoms with van der Waals surface area (Å²) >= 11 is 0. The average molecular weight is 260 g/mol. The number of hydrogen-bond acceptors (Lipinski definition) is 2. The van der Waals surface area contributed by atoms with E-state index < -0.39 is 5.97 Å². The minimum atomic E-state index is -0.917. The smallest absolute Gasteiger partial charge is 0.337 e. The molecule has 4 heteroatoms. The first-order valence-corrected chi connectivity index (χ1v) is 5.28. The van der Waals surface area contributed by atoms with Crippen molar-refractivity contribution in [1.82, 2.24) is 4.98 Å². The molecule has 0 atom stereocenters. The van der Waals surface area contributed by atoms with Gasteiger partial charge in [0.1, 0.15) is 0 Å². The van der Waals surface area contributed by atoms with E-state index in [0.717, 1.165) is 0 Å². The second kappa shape index (κ2) is 4.63. The Kier molecular flexibility index (Phi) is 3.17. The van der Waals surface area contributed by atoms with Crippen LogP contribution in [0.5, 0.6) is 0 Å². The molecule has 0 amide bonds. The van der Waals surface area contributed by atoms with E-state index in [2.05, 4.69) is 4.98 Å². The van der Waals surface area contributed by atoms with E-state index >= 15 is 0 Å². The molecule has 1 N–H and O–H groups in total. The van der Waals surface area contributed by atoms with Gasteiger partial charge in [-0.25, -0.2) is 9.78 Å². The summed E-state index contributed by atoms with van der Waals surface area (Å²) in [7, 11) is 0. The molecule has 1 heterocycles. The molecule has 0 bridgehead atoms. The zero-order valence-electron chi connectivity index (χ0n) is 9.33. The number of aromatic nitrogens is 1. The number of hydrogen-bond donors (Lipinski definition) is 1. The summed E-state index contributed by atoms with van der Waals surface area (Å²) in [6, 6.07) is 14.6. The Hall–Kier alpha value is -2.13. The van der Waals surface area contributed by atoms with Crippen LogP contribution in [0.15, 0.2) is 48.5 Å². The number of aromatic carboxylic acids is 1. The van der Waals surface area contributed by atoms with Crippen molar-refractivity contribution in [2.75, 3.05) is 0 Å². The van der Waals surface area contributed by atoms with Crippen molar-refractivity contribution in [3.8, 4) is 0 Å². The topological polar surface area (TPSA) is 50.2 Å². The van der Waals surface area contributed by atoms with Crippen LogP contribution >= 0.6 is 12.4 Å². The summed E-state index contributed by atoms with van der Waals surface area (Å²) in [5, 5.41) is 10.7. The fourth-order valence-electron chi connectivity index (χ4n) is 2.07. The number of halogens is 1. The van der Waals surface area contributed by atoms with Crippen molar-refractivity contribution in [3.05, 3.63) is 54.1 Å². The van der Waals surface area contributed by atoms with Crippen LogP contribution in [0.25, 0.3) is 21.8 Å². The molecule has 0 fully saturated rings. The average Bonchev–Trinajstić information content (AvgIpc) is 2.35. The van der Waals surface area contributed by atoms with Gasteiger partial charge in [0.05, 0.1) is 16.6 Å². The van der Waals surface area contributed by atoms with Gasteiger partial charge in [-0.2, -0.15) is 0 Å². The first-order valence-electron chi connectivity index (χ1n) is 5.28. The third-order valence-electron chi connectivity index (χ3n) is 2.80. The molecule has 0 spiro atoms.